The molecule has 0 atom stereocenters. The third-order valence-corrected chi connectivity index (χ3v) is 2.31. The van der Waals surface area contributed by atoms with E-state index >= 15 is 0 Å². The summed E-state index contributed by atoms with van der Waals surface area (Å²) in [6.45, 7) is 2.14. The molecule has 0 N–H and O–H groups in total. The van der Waals surface area contributed by atoms with E-state index in [4.69, 9.17) is 0 Å². The van der Waals surface area contributed by atoms with Crippen molar-refractivity contribution < 1.29 is 4.79 Å². The van der Waals surface area contributed by atoms with Gasteiger partial charge < -0.3 is 4.79 Å². The molecule has 1 nitrogen and oxygen atoms in total. The zero-order chi connectivity index (χ0) is 11.2. The number of hydrogen-bond donors (Lipinski definition) is 0. The first-order valence-electron chi connectivity index (χ1n) is 6.17. The maximum Gasteiger partial charge on any atom is 0.119 e. The highest BCUT2D eigenvalue weighted by molar-refractivity contribution is 5.48. The smallest absolute Gasteiger partial charge is 0.119 e. The lowest BCUT2D eigenvalue weighted by Crippen LogP contribution is -1.79. The predicted molar refractivity (Wildman–Crippen MR) is 67.0 cm³/mol. The Morgan fingerprint density at radius 2 is 1.40 bits per heavy atom. The summed E-state index contributed by atoms with van der Waals surface area (Å²) in [5.41, 5.74) is 0. The minimum atomic E-state index is 0.738. The molecule has 0 aromatic rings. The highest BCUT2D eigenvalue weighted by Crippen LogP contribution is 2.06. The number of hydrogen-bond acceptors (Lipinski definition) is 1. The molecule has 0 aliphatic carbocycles. The lowest BCUT2D eigenvalue weighted by molar-refractivity contribution is -0.107. The van der Waals surface area contributed by atoms with Crippen LogP contribution in [0.4, 0.5) is 0 Å². The molecule has 0 bridgehead atoms. The molecule has 0 amide bonds. The van der Waals surface area contributed by atoms with Crippen LogP contribution < -0.4 is 0 Å². The van der Waals surface area contributed by atoms with E-state index in [9.17, 15) is 4.79 Å². The van der Waals surface area contributed by atoms with Crippen LogP contribution in [0.15, 0.2) is 24.3 Å². The predicted octanol–water partition coefficient (Wildman–Crippen LogP) is 4.44. The van der Waals surface area contributed by atoms with Gasteiger partial charge in [0.25, 0.3) is 0 Å². The van der Waals surface area contributed by atoms with Crippen LogP contribution in [-0.4, -0.2) is 6.29 Å². The first-order chi connectivity index (χ1) is 7.41. The number of unbranched alkanes of at least 4 members (excludes halogenated alkanes) is 6. The summed E-state index contributed by atoms with van der Waals surface area (Å²) in [6, 6.07) is 0. The van der Waals surface area contributed by atoms with Crippen molar-refractivity contribution in [2.45, 2.75) is 58.3 Å². The van der Waals surface area contributed by atoms with Crippen LogP contribution in [-0.2, 0) is 4.79 Å². The van der Waals surface area contributed by atoms with Gasteiger partial charge in [0.15, 0.2) is 0 Å². The maximum atomic E-state index is 10.0. The Morgan fingerprint density at radius 3 is 2.07 bits per heavy atom. The minimum absolute atomic E-state index is 0.738. The molecule has 0 aromatic carbocycles. The Hall–Kier alpha value is -0.850. The van der Waals surface area contributed by atoms with E-state index < -0.39 is 0 Å². The Kier molecular flexibility index (Phi) is 12.4. The Bertz CT molecular complexity index is 180. The van der Waals surface area contributed by atoms with E-state index in [-0.39, 0.29) is 0 Å². The van der Waals surface area contributed by atoms with Crippen molar-refractivity contribution in [2.75, 3.05) is 0 Å². The second kappa shape index (κ2) is 13.2. The molecule has 0 spiro atoms. The van der Waals surface area contributed by atoms with Crippen molar-refractivity contribution in [3.8, 4) is 0 Å². The van der Waals surface area contributed by atoms with Crippen molar-refractivity contribution in [2.24, 2.45) is 0 Å². The lowest BCUT2D eigenvalue weighted by Gasteiger charge is -1.96. The molecule has 0 radical (unpaired) electrons. The first kappa shape index (κ1) is 14.2. The monoisotopic (exact) mass is 208 g/mol. The number of rotatable bonds is 10. The molecular weight excluding hydrogens is 184 g/mol. The first-order valence-corrected chi connectivity index (χ1v) is 6.17. The average molecular weight is 208 g/mol. The van der Waals surface area contributed by atoms with Crippen LogP contribution in [0.5, 0.6) is 0 Å². The summed E-state index contributed by atoms with van der Waals surface area (Å²) >= 11 is 0. The van der Waals surface area contributed by atoms with Crippen LogP contribution in [0.1, 0.15) is 58.3 Å². The van der Waals surface area contributed by atoms with Crippen molar-refractivity contribution in [1.29, 1.82) is 0 Å². The summed E-state index contributed by atoms with van der Waals surface area (Å²) in [4.78, 5) is 10.0. The molecule has 0 aliphatic rings. The van der Waals surface area contributed by atoms with Gasteiger partial charge >= 0.3 is 0 Å². The van der Waals surface area contributed by atoms with Gasteiger partial charge in [0.1, 0.15) is 6.29 Å². The van der Waals surface area contributed by atoms with Gasteiger partial charge in [0.05, 0.1) is 0 Å². The highest BCUT2D eigenvalue weighted by atomic mass is 16.1. The number of allylic oxidation sites excluding steroid dienone is 4. The van der Waals surface area contributed by atoms with Crippen molar-refractivity contribution in [3.63, 3.8) is 0 Å². The van der Waals surface area contributed by atoms with E-state index in [0.29, 0.717) is 0 Å². The largest absolute Gasteiger partial charge is 0.303 e. The Labute approximate surface area is 94.3 Å². The zero-order valence-electron chi connectivity index (χ0n) is 9.95. The summed E-state index contributed by atoms with van der Waals surface area (Å²) in [5.74, 6) is 0. The molecule has 0 saturated heterocycles. The molecule has 0 saturated carbocycles. The minimum Gasteiger partial charge on any atom is -0.303 e. The number of carbonyl (C=O) groups is 1. The fourth-order valence-corrected chi connectivity index (χ4v) is 1.41. The number of aldehydes is 1. The summed E-state index contributed by atoms with van der Waals surface area (Å²) in [5, 5.41) is 0. The van der Waals surface area contributed by atoms with Crippen LogP contribution in [0.2, 0.25) is 0 Å². The highest BCUT2D eigenvalue weighted by Gasteiger charge is 1.88. The van der Waals surface area contributed by atoms with Crippen LogP contribution in [0.3, 0.4) is 0 Å². The molecular formula is C14H24O. The molecule has 0 heterocycles. The maximum absolute atomic E-state index is 10.0. The normalized spacial score (nSPS) is 11.5. The zero-order valence-corrected chi connectivity index (χ0v) is 9.95. The van der Waals surface area contributed by atoms with Gasteiger partial charge in [-0.25, -0.2) is 0 Å². The van der Waals surface area contributed by atoms with Gasteiger partial charge in [0.2, 0.25) is 0 Å². The fraction of sp³-hybridized carbons (Fsp3) is 0.643. The van der Waals surface area contributed by atoms with Gasteiger partial charge in [-0.15, -0.1) is 0 Å². The molecule has 1 heteroatoms. The molecule has 15 heavy (non-hydrogen) atoms. The Morgan fingerprint density at radius 1 is 0.800 bits per heavy atom. The third-order valence-electron chi connectivity index (χ3n) is 2.31. The van der Waals surface area contributed by atoms with E-state index in [2.05, 4.69) is 31.2 Å². The van der Waals surface area contributed by atoms with E-state index in [1.807, 2.05) is 0 Å². The van der Waals surface area contributed by atoms with Crippen LogP contribution >= 0.6 is 0 Å². The molecule has 86 valence electrons. The van der Waals surface area contributed by atoms with Crippen LogP contribution in [0.25, 0.3) is 0 Å². The van der Waals surface area contributed by atoms with Crippen molar-refractivity contribution in [3.05, 3.63) is 24.3 Å². The van der Waals surface area contributed by atoms with Crippen molar-refractivity contribution >= 4 is 6.29 Å². The molecule has 0 fully saturated rings. The Balaban J connectivity index is 3.07. The fourth-order valence-electron chi connectivity index (χ4n) is 1.41. The van der Waals surface area contributed by atoms with Crippen molar-refractivity contribution in [1.82, 2.24) is 0 Å². The lowest BCUT2D eigenvalue weighted by atomic mass is 10.1. The third kappa shape index (κ3) is 13.2. The van der Waals surface area contributed by atoms with Gasteiger partial charge in [-0.3, -0.25) is 0 Å². The molecule has 0 aromatic heterocycles. The summed E-state index contributed by atoms with van der Waals surface area (Å²) in [6.07, 6.45) is 18.8. The van der Waals surface area contributed by atoms with Gasteiger partial charge in [-0.1, -0.05) is 50.5 Å². The molecule has 0 rings (SSSR count). The van der Waals surface area contributed by atoms with Gasteiger partial charge in [-0.2, -0.15) is 0 Å². The quantitative estimate of drug-likeness (QED) is 0.295. The second-order valence-corrected chi connectivity index (χ2v) is 3.78. The van der Waals surface area contributed by atoms with Crippen LogP contribution in [0, 0.1) is 0 Å². The van der Waals surface area contributed by atoms with E-state index in [0.717, 1.165) is 25.5 Å². The van der Waals surface area contributed by atoms with E-state index in [1.165, 1.54) is 32.1 Å². The SMILES string of the molecule is CC/C=C/C=C/CCCCCCCC=O. The second-order valence-electron chi connectivity index (χ2n) is 3.78. The molecule has 0 unspecified atom stereocenters. The van der Waals surface area contributed by atoms with Gasteiger partial charge in [0, 0.05) is 6.42 Å². The van der Waals surface area contributed by atoms with E-state index in [1.54, 1.807) is 0 Å². The molecule has 0 aliphatic heterocycles. The number of carbonyl (C=O) groups excluding carboxylic acids is 1. The summed E-state index contributed by atoms with van der Waals surface area (Å²) < 4.78 is 0. The van der Waals surface area contributed by atoms with Gasteiger partial charge in [-0.05, 0) is 25.7 Å². The average Bonchev–Trinajstić information content (AvgIpc) is 2.26. The topological polar surface area (TPSA) is 17.1 Å². The standard InChI is InChI=1S/C14H24O/c1-2-3-4-5-6-7-8-9-10-11-12-13-14-15/h3-6,14H,2,7-13H2,1H3/b4-3+,6-5+. The summed E-state index contributed by atoms with van der Waals surface area (Å²) in [7, 11) is 0.